The average molecular weight is 516 g/mol. The van der Waals surface area contributed by atoms with Crippen molar-refractivity contribution in [3.8, 4) is 23.3 Å². The second-order valence-electron chi connectivity index (χ2n) is 8.36. The number of likely N-dealkylation sites (tertiary alicyclic amines) is 1. The number of benzene rings is 1. The summed E-state index contributed by atoms with van der Waals surface area (Å²) >= 11 is 1.54. The average Bonchev–Trinajstić information content (AvgIpc) is 3.59. The van der Waals surface area contributed by atoms with Crippen LogP contribution in [0.25, 0.3) is 11.0 Å². The number of anilines is 1. The summed E-state index contributed by atoms with van der Waals surface area (Å²) in [6, 6.07) is 7.35. The van der Waals surface area contributed by atoms with Gasteiger partial charge in [-0.25, -0.2) is 14.6 Å². The fourth-order valence-corrected chi connectivity index (χ4v) is 4.69. The van der Waals surface area contributed by atoms with Gasteiger partial charge in [0.2, 0.25) is 5.91 Å². The Kier molecular flexibility index (Phi) is 7.28. The minimum Gasteiger partial charge on any atom is -0.488 e. The molecule has 2 N–H and O–H groups in total. The van der Waals surface area contributed by atoms with Gasteiger partial charge in [0.25, 0.3) is 0 Å². The minimum atomic E-state index is -0.0922. The van der Waals surface area contributed by atoms with Gasteiger partial charge in [-0.1, -0.05) is 18.6 Å². The fourth-order valence-electron chi connectivity index (χ4n) is 4.18. The van der Waals surface area contributed by atoms with Crippen molar-refractivity contribution in [2.24, 2.45) is 0 Å². The number of hydrogen-bond donors (Lipinski definition) is 1. The van der Waals surface area contributed by atoms with E-state index in [2.05, 4.69) is 33.4 Å². The molecule has 1 atom stereocenters. The van der Waals surface area contributed by atoms with Crippen LogP contribution in [0.15, 0.2) is 55.0 Å². The number of rotatable bonds is 7. The number of fused-ring (bicyclic) bond motifs is 1. The van der Waals surface area contributed by atoms with Gasteiger partial charge in [-0.15, -0.1) is 11.3 Å². The Morgan fingerprint density at radius 1 is 1.30 bits per heavy atom. The summed E-state index contributed by atoms with van der Waals surface area (Å²) < 4.78 is 13.4. The molecule has 1 amide bonds. The number of piperidine rings is 1. The van der Waals surface area contributed by atoms with E-state index in [4.69, 9.17) is 20.3 Å². The van der Waals surface area contributed by atoms with Crippen molar-refractivity contribution in [2.75, 3.05) is 25.4 Å². The van der Waals surface area contributed by atoms with Crippen LogP contribution in [0.1, 0.15) is 29.5 Å². The normalized spacial score (nSPS) is 15.1. The molecule has 1 aliphatic rings. The SMILES string of the molecule is C=CC(=O)N1CCCC(n2nc(C#CCOc3cccc(OCc4cncs4)c3)c3c(N)ncnc32)C1. The molecule has 1 aliphatic heterocycles. The maximum Gasteiger partial charge on any atom is 0.246 e. The summed E-state index contributed by atoms with van der Waals surface area (Å²) in [5.41, 5.74) is 9.02. The van der Waals surface area contributed by atoms with Gasteiger partial charge >= 0.3 is 0 Å². The minimum absolute atomic E-state index is 0.0473. The van der Waals surface area contributed by atoms with Gasteiger partial charge in [0, 0.05) is 25.4 Å². The van der Waals surface area contributed by atoms with Crippen LogP contribution >= 0.6 is 11.3 Å². The van der Waals surface area contributed by atoms with E-state index in [9.17, 15) is 4.79 Å². The molecule has 10 nitrogen and oxygen atoms in total. The first-order valence-electron chi connectivity index (χ1n) is 11.7. The first-order chi connectivity index (χ1) is 18.1. The lowest BCUT2D eigenvalue weighted by Gasteiger charge is -2.32. The van der Waals surface area contributed by atoms with Gasteiger partial charge in [-0.3, -0.25) is 9.78 Å². The molecule has 1 saturated heterocycles. The van der Waals surface area contributed by atoms with Crippen LogP contribution in [0.3, 0.4) is 0 Å². The van der Waals surface area contributed by atoms with Crippen LogP contribution in [-0.4, -0.2) is 55.2 Å². The topological polar surface area (TPSA) is 121 Å². The van der Waals surface area contributed by atoms with Crippen LogP contribution in [0, 0.1) is 11.8 Å². The van der Waals surface area contributed by atoms with E-state index in [1.54, 1.807) is 27.9 Å². The number of ether oxygens (including phenoxy) is 2. The number of nitrogen functional groups attached to an aromatic ring is 1. The molecule has 0 aliphatic carbocycles. The predicted molar refractivity (Wildman–Crippen MR) is 140 cm³/mol. The summed E-state index contributed by atoms with van der Waals surface area (Å²) in [6.45, 7) is 5.40. The second-order valence-corrected chi connectivity index (χ2v) is 9.33. The zero-order chi connectivity index (χ0) is 25.6. The third-order valence-electron chi connectivity index (χ3n) is 5.93. The summed E-state index contributed by atoms with van der Waals surface area (Å²) in [5, 5.41) is 5.32. The molecule has 1 aromatic carbocycles. The molecular formula is C26H25N7O3S. The van der Waals surface area contributed by atoms with E-state index in [0.29, 0.717) is 53.7 Å². The third-order valence-corrected chi connectivity index (χ3v) is 6.69. The van der Waals surface area contributed by atoms with Crippen LogP contribution in [0.5, 0.6) is 11.5 Å². The van der Waals surface area contributed by atoms with Crippen LogP contribution in [0.4, 0.5) is 5.82 Å². The Labute approximate surface area is 217 Å². The largest absolute Gasteiger partial charge is 0.488 e. The molecule has 4 aromatic rings. The lowest BCUT2D eigenvalue weighted by atomic mass is 10.1. The third kappa shape index (κ3) is 5.54. The molecular weight excluding hydrogens is 490 g/mol. The molecule has 3 aromatic heterocycles. The molecule has 188 valence electrons. The molecule has 11 heteroatoms. The summed E-state index contributed by atoms with van der Waals surface area (Å²) in [7, 11) is 0. The Hall–Kier alpha value is -4.43. The lowest BCUT2D eigenvalue weighted by molar-refractivity contribution is -0.127. The van der Waals surface area contributed by atoms with Crippen molar-refractivity contribution in [3.63, 3.8) is 0 Å². The van der Waals surface area contributed by atoms with E-state index >= 15 is 0 Å². The van der Waals surface area contributed by atoms with Crippen molar-refractivity contribution < 1.29 is 14.3 Å². The molecule has 0 bridgehead atoms. The number of hydrogen-bond acceptors (Lipinski definition) is 9. The maximum atomic E-state index is 12.2. The van der Waals surface area contributed by atoms with Crippen LogP contribution < -0.4 is 15.2 Å². The molecule has 0 saturated carbocycles. The maximum absolute atomic E-state index is 12.2. The smallest absolute Gasteiger partial charge is 0.246 e. The highest BCUT2D eigenvalue weighted by molar-refractivity contribution is 7.09. The Bertz CT molecular complexity index is 1470. The number of carbonyl (C=O) groups is 1. The molecule has 0 radical (unpaired) electrons. The highest BCUT2D eigenvalue weighted by atomic mass is 32.1. The summed E-state index contributed by atoms with van der Waals surface area (Å²) in [4.78, 5) is 27.6. The number of carbonyl (C=O) groups excluding carboxylic acids is 1. The van der Waals surface area contributed by atoms with Crippen LogP contribution in [0.2, 0.25) is 0 Å². The van der Waals surface area contributed by atoms with Gasteiger partial charge in [0.1, 0.15) is 42.6 Å². The van der Waals surface area contributed by atoms with Crippen molar-refractivity contribution >= 4 is 34.1 Å². The van der Waals surface area contributed by atoms with E-state index in [-0.39, 0.29) is 18.6 Å². The number of amides is 1. The molecule has 5 rings (SSSR count). The van der Waals surface area contributed by atoms with Gasteiger partial charge in [-0.05, 0) is 37.0 Å². The number of thiazole rings is 1. The standard InChI is InChI=1S/C26H25N7O3S/c1-2-23(34)32-10-4-6-18(14-32)33-26-24(25(27)29-16-30-26)22(31-33)9-5-11-35-19-7-3-8-20(12-19)36-15-21-13-28-17-37-21/h2-3,7-8,12-13,16-18H,1,4,6,10-11,14-15H2,(H2,27,29,30). The molecule has 1 unspecified atom stereocenters. The van der Waals surface area contributed by atoms with E-state index < -0.39 is 0 Å². The van der Waals surface area contributed by atoms with Gasteiger partial charge in [0.05, 0.1) is 21.8 Å². The zero-order valence-electron chi connectivity index (χ0n) is 20.0. The Balaban J connectivity index is 1.30. The molecule has 1 fully saturated rings. The molecule has 0 spiro atoms. The highest BCUT2D eigenvalue weighted by Crippen LogP contribution is 2.28. The monoisotopic (exact) mass is 515 g/mol. The van der Waals surface area contributed by atoms with Crippen LogP contribution in [-0.2, 0) is 11.4 Å². The van der Waals surface area contributed by atoms with Crippen molar-refractivity contribution in [3.05, 3.63) is 65.5 Å². The lowest BCUT2D eigenvalue weighted by Crippen LogP contribution is -2.40. The van der Waals surface area contributed by atoms with Crippen molar-refractivity contribution in [1.29, 1.82) is 0 Å². The van der Waals surface area contributed by atoms with Crippen molar-refractivity contribution in [1.82, 2.24) is 29.6 Å². The molecule has 4 heterocycles. The van der Waals surface area contributed by atoms with Gasteiger partial charge in [0.15, 0.2) is 5.65 Å². The van der Waals surface area contributed by atoms with E-state index in [1.807, 2.05) is 28.9 Å². The van der Waals surface area contributed by atoms with Crippen molar-refractivity contribution in [2.45, 2.75) is 25.5 Å². The fraction of sp³-hybridized carbons (Fsp3) is 0.269. The number of nitrogens with zero attached hydrogens (tertiary/aromatic N) is 6. The summed E-state index contributed by atoms with van der Waals surface area (Å²) in [6.07, 6.45) is 6.25. The zero-order valence-corrected chi connectivity index (χ0v) is 20.9. The van der Waals surface area contributed by atoms with Gasteiger partial charge in [-0.2, -0.15) is 5.10 Å². The second kappa shape index (κ2) is 11.1. The highest BCUT2D eigenvalue weighted by Gasteiger charge is 2.27. The Morgan fingerprint density at radius 2 is 2.16 bits per heavy atom. The number of aromatic nitrogens is 5. The predicted octanol–water partition coefficient (Wildman–Crippen LogP) is 3.22. The Morgan fingerprint density at radius 3 is 2.97 bits per heavy atom. The van der Waals surface area contributed by atoms with Gasteiger partial charge < -0.3 is 20.1 Å². The number of nitrogens with two attached hydrogens (primary N) is 1. The molecule has 37 heavy (non-hydrogen) atoms. The van der Waals surface area contributed by atoms with E-state index in [1.165, 1.54) is 12.4 Å². The quantitative estimate of drug-likeness (QED) is 0.294. The first kappa shape index (κ1) is 24.3. The first-order valence-corrected chi connectivity index (χ1v) is 12.6. The summed E-state index contributed by atoms with van der Waals surface area (Å²) in [5.74, 6) is 7.63. The van der Waals surface area contributed by atoms with E-state index in [0.717, 1.165) is 17.7 Å².